The zero-order valence-electron chi connectivity index (χ0n) is 9.04. The van der Waals surface area contributed by atoms with E-state index >= 15 is 0 Å². The van der Waals surface area contributed by atoms with Gasteiger partial charge in [-0.25, -0.2) is 9.78 Å². The summed E-state index contributed by atoms with van der Waals surface area (Å²) in [6.45, 7) is 0. The van der Waals surface area contributed by atoms with Gasteiger partial charge in [0.2, 0.25) is 0 Å². The summed E-state index contributed by atoms with van der Waals surface area (Å²) in [7, 11) is 0. The highest BCUT2D eigenvalue weighted by molar-refractivity contribution is 6.32. The molecule has 4 nitrogen and oxygen atoms in total. The van der Waals surface area contributed by atoms with Crippen LogP contribution in [-0.4, -0.2) is 16.1 Å². The normalized spacial score (nSPS) is 9.39. The number of hydrogen-bond donors (Lipinski definition) is 1. The summed E-state index contributed by atoms with van der Waals surface area (Å²) >= 11 is 5.92. The van der Waals surface area contributed by atoms with Crippen molar-refractivity contribution in [1.29, 1.82) is 0 Å². The molecule has 0 spiro atoms. The van der Waals surface area contributed by atoms with Crippen molar-refractivity contribution in [3.63, 3.8) is 0 Å². The minimum Gasteiger partial charge on any atom is -0.477 e. The third-order valence-corrected chi connectivity index (χ3v) is 2.33. The fraction of sp³-hybridized carbons (Fsp3) is 0. The zero-order chi connectivity index (χ0) is 12.3. The molecule has 2 aromatic rings. The van der Waals surface area contributed by atoms with Gasteiger partial charge in [0.15, 0.2) is 0 Å². The number of carboxylic acids is 1. The first-order valence-corrected chi connectivity index (χ1v) is 5.16. The van der Waals surface area contributed by atoms with Gasteiger partial charge in [-0.3, -0.25) is 0 Å². The monoisotopic (exact) mass is 285 g/mol. The predicted octanol–water partition coefficient (Wildman–Crippen LogP) is 3.65. The highest BCUT2D eigenvalue weighted by atomic mass is 35.5. The van der Waals surface area contributed by atoms with Crippen LogP contribution in [0.1, 0.15) is 10.5 Å². The summed E-state index contributed by atoms with van der Waals surface area (Å²) in [6.07, 6.45) is 1.34. The van der Waals surface area contributed by atoms with E-state index in [1.807, 2.05) is 0 Å². The second-order valence-corrected chi connectivity index (χ2v) is 3.62. The van der Waals surface area contributed by atoms with E-state index in [4.69, 9.17) is 21.4 Å². The Morgan fingerprint density at radius 3 is 2.50 bits per heavy atom. The molecule has 0 radical (unpaired) electrons. The molecule has 0 saturated carbocycles. The van der Waals surface area contributed by atoms with Crippen LogP contribution in [0.5, 0.6) is 11.5 Å². The fourth-order valence-electron chi connectivity index (χ4n) is 1.22. The Labute approximate surface area is 115 Å². The van der Waals surface area contributed by atoms with Gasteiger partial charge in [0.1, 0.15) is 17.2 Å². The number of carboxylic acid groups (broad SMARTS) is 1. The molecule has 0 aliphatic rings. The molecule has 18 heavy (non-hydrogen) atoms. The number of carbonyl (C=O) groups is 1. The van der Waals surface area contributed by atoms with Crippen molar-refractivity contribution >= 4 is 30.0 Å². The van der Waals surface area contributed by atoms with E-state index in [1.165, 1.54) is 18.3 Å². The first-order chi connectivity index (χ1) is 8.16. The van der Waals surface area contributed by atoms with Gasteiger partial charge in [-0.15, -0.1) is 12.4 Å². The molecule has 1 N–H and O–H groups in total. The van der Waals surface area contributed by atoms with Crippen molar-refractivity contribution in [3.8, 4) is 11.5 Å². The van der Waals surface area contributed by atoms with Crippen LogP contribution in [0.4, 0.5) is 0 Å². The molecule has 0 aliphatic heterocycles. The molecule has 0 unspecified atom stereocenters. The maximum Gasteiger partial charge on any atom is 0.354 e. The summed E-state index contributed by atoms with van der Waals surface area (Å²) in [5.41, 5.74) is -0.0310. The van der Waals surface area contributed by atoms with Crippen LogP contribution in [-0.2, 0) is 0 Å². The van der Waals surface area contributed by atoms with Crippen LogP contribution in [0.15, 0.2) is 42.6 Å². The van der Waals surface area contributed by atoms with Crippen LogP contribution in [0.25, 0.3) is 0 Å². The molecule has 0 saturated heterocycles. The Morgan fingerprint density at radius 2 is 1.94 bits per heavy atom. The summed E-state index contributed by atoms with van der Waals surface area (Å²) in [5, 5.41) is 9.17. The zero-order valence-corrected chi connectivity index (χ0v) is 10.6. The summed E-state index contributed by atoms with van der Waals surface area (Å²) in [4.78, 5) is 14.3. The van der Waals surface area contributed by atoms with E-state index in [2.05, 4.69) is 4.98 Å². The lowest BCUT2D eigenvalue weighted by Crippen LogP contribution is -1.99. The number of aromatic nitrogens is 1. The van der Waals surface area contributed by atoms with Crippen molar-refractivity contribution in [3.05, 3.63) is 53.3 Å². The van der Waals surface area contributed by atoms with Crippen LogP contribution in [0.2, 0.25) is 5.02 Å². The number of benzene rings is 1. The second-order valence-electron chi connectivity index (χ2n) is 3.22. The molecule has 0 fully saturated rings. The minimum absolute atomic E-state index is 0. The molecule has 6 heteroatoms. The first-order valence-electron chi connectivity index (χ1n) is 4.78. The van der Waals surface area contributed by atoms with E-state index in [0.29, 0.717) is 16.5 Å². The van der Waals surface area contributed by atoms with Gasteiger partial charge < -0.3 is 9.84 Å². The van der Waals surface area contributed by atoms with E-state index in [0.717, 1.165) is 0 Å². The Kier molecular flexibility index (Phi) is 4.95. The molecular formula is C12H9Cl2NO3. The Bertz CT molecular complexity index is 543. The molecule has 0 bridgehead atoms. The molecule has 0 amide bonds. The number of rotatable bonds is 3. The van der Waals surface area contributed by atoms with E-state index < -0.39 is 5.97 Å². The average molecular weight is 286 g/mol. The third kappa shape index (κ3) is 3.35. The SMILES string of the molecule is Cl.O=C(O)c1ccc(Oc2ccccc2Cl)cn1. The van der Waals surface area contributed by atoms with Gasteiger partial charge in [0.05, 0.1) is 11.2 Å². The lowest BCUT2D eigenvalue weighted by Gasteiger charge is -2.06. The summed E-state index contributed by atoms with van der Waals surface area (Å²) in [6, 6.07) is 9.90. The number of aromatic carboxylic acids is 1. The number of para-hydroxylation sites is 1. The lowest BCUT2D eigenvalue weighted by atomic mass is 10.3. The van der Waals surface area contributed by atoms with Gasteiger partial charge in [-0.1, -0.05) is 23.7 Å². The van der Waals surface area contributed by atoms with E-state index in [9.17, 15) is 4.79 Å². The number of hydrogen-bond acceptors (Lipinski definition) is 3. The number of pyridine rings is 1. The molecule has 94 valence electrons. The van der Waals surface area contributed by atoms with E-state index in [-0.39, 0.29) is 18.1 Å². The molecule has 0 aliphatic carbocycles. The van der Waals surface area contributed by atoms with Gasteiger partial charge >= 0.3 is 5.97 Å². The largest absolute Gasteiger partial charge is 0.477 e. The predicted molar refractivity (Wildman–Crippen MR) is 70.0 cm³/mol. The van der Waals surface area contributed by atoms with Gasteiger partial charge in [0.25, 0.3) is 0 Å². The van der Waals surface area contributed by atoms with Gasteiger partial charge in [-0.05, 0) is 24.3 Å². The highest BCUT2D eigenvalue weighted by Gasteiger charge is 2.05. The Hall–Kier alpha value is -1.78. The molecule has 1 aromatic heterocycles. The standard InChI is InChI=1S/C12H8ClNO3.ClH/c13-9-3-1-2-4-11(9)17-8-5-6-10(12(15)16)14-7-8;/h1-7H,(H,15,16);1H. The number of ether oxygens (including phenoxy) is 1. The summed E-state index contributed by atoms with van der Waals surface area (Å²) in [5.74, 6) is -0.142. The maximum absolute atomic E-state index is 10.6. The Morgan fingerprint density at radius 1 is 1.22 bits per heavy atom. The van der Waals surface area contributed by atoms with Crippen molar-refractivity contribution in [2.45, 2.75) is 0 Å². The van der Waals surface area contributed by atoms with Crippen molar-refractivity contribution in [2.75, 3.05) is 0 Å². The Balaban J connectivity index is 0.00000162. The minimum atomic E-state index is -1.07. The van der Waals surface area contributed by atoms with Crippen molar-refractivity contribution in [2.24, 2.45) is 0 Å². The number of halogens is 2. The third-order valence-electron chi connectivity index (χ3n) is 2.02. The fourth-order valence-corrected chi connectivity index (χ4v) is 1.40. The second kappa shape index (κ2) is 6.23. The van der Waals surface area contributed by atoms with E-state index in [1.54, 1.807) is 24.3 Å². The molecule has 0 atom stereocenters. The van der Waals surface area contributed by atoms with Crippen molar-refractivity contribution < 1.29 is 14.6 Å². The summed E-state index contributed by atoms with van der Waals surface area (Å²) < 4.78 is 5.46. The molecular weight excluding hydrogens is 277 g/mol. The van der Waals surface area contributed by atoms with Crippen LogP contribution in [0, 0.1) is 0 Å². The van der Waals surface area contributed by atoms with Gasteiger partial charge in [-0.2, -0.15) is 0 Å². The first kappa shape index (κ1) is 14.3. The number of nitrogens with zero attached hydrogens (tertiary/aromatic N) is 1. The maximum atomic E-state index is 10.6. The average Bonchev–Trinajstić information content (AvgIpc) is 2.33. The van der Waals surface area contributed by atoms with Gasteiger partial charge in [0, 0.05) is 0 Å². The quantitative estimate of drug-likeness (QED) is 0.935. The van der Waals surface area contributed by atoms with Crippen LogP contribution >= 0.6 is 24.0 Å². The molecule has 2 rings (SSSR count). The highest BCUT2D eigenvalue weighted by Crippen LogP contribution is 2.28. The molecule has 1 aromatic carbocycles. The van der Waals surface area contributed by atoms with Crippen LogP contribution in [0.3, 0.4) is 0 Å². The topological polar surface area (TPSA) is 59.4 Å². The molecule has 1 heterocycles. The smallest absolute Gasteiger partial charge is 0.354 e. The lowest BCUT2D eigenvalue weighted by molar-refractivity contribution is 0.0690. The van der Waals surface area contributed by atoms with Crippen LogP contribution < -0.4 is 4.74 Å². The van der Waals surface area contributed by atoms with Crippen molar-refractivity contribution in [1.82, 2.24) is 4.98 Å².